The Hall–Kier alpha value is -3.46. The van der Waals surface area contributed by atoms with E-state index in [0.29, 0.717) is 6.42 Å². The number of amides is 2. The van der Waals surface area contributed by atoms with E-state index in [9.17, 15) is 19.7 Å². The average molecular weight is 411 g/mol. The fourth-order valence-corrected chi connectivity index (χ4v) is 3.26. The number of benzene rings is 2. The smallest absolute Gasteiger partial charge is 0.313 e. The van der Waals surface area contributed by atoms with E-state index in [1.54, 1.807) is 6.07 Å². The summed E-state index contributed by atoms with van der Waals surface area (Å²) in [4.78, 5) is 39.0. The van der Waals surface area contributed by atoms with Crippen molar-refractivity contribution in [3.63, 3.8) is 0 Å². The quantitative estimate of drug-likeness (QED) is 0.425. The van der Waals surface area contributed by atoms with E-state index in [1.807, 2.05) is 12.1 Å². The molecule has 1 aliphatic rings. The topological polar surface area (TPSA) is 108 Å². The first-order chi connectivity index (χ1) is 14.4. The van der Waals surface area contributed by atoms with Gasteiger partial charge in [0.2, 0.25) is 0 Å². The molecular weight excluding hydrogens is 386 g/mol. The number of nitrogens with zero attached hydrogens (tertiary/aromatic N) is 3. The minimum Gasteiger partial charge on any atom is -0.369 e. The van der Waals surface area contributed by atoms with E-state index < -0.39 is 16.7 Å². The second-order valence-electron chi connectivity index (χ2n) is 7.19. The third-order valence-corrected chi connectivity index (χ3v) is 5.06. The van der Waals surface area contributed by atoms with Crippen molar-refractivity contribution in [2.45, 2.75) is 6.42 Å². The van der Waals surface area contributed by atoms with Crippen molar-refractivity contribution in [3.8, 4) is 0 Å². The van der Waals surface area contributed by atoms with Gasteiger partial charge in [-0.15, -0.1) is 0 Å². The lowest BCUT2D eigenvalue weighted by molar-refractivity contribution is -0.383. The highest BCUT2D eigenvalue weighted by molar-refractivity contribution is 6.39. The zero-order valence-corrected chi connectivity index (χ0v) is 16.8. The van der Waals surface area contributed by atoms with Crippen LogP contribution in [0.1, 0.15) is 5.56 Å². The van der Waals surface area contributed by atoms with Crippen LogP contribution in [0.15, 0.2) is 48.5 Å². The van der Waals surface area contributed by atoms with Crippen molar-refractivity contribution in [2.75, 3.05) is 50.0 Å². The molecule has 0 unspecified atom stereocenters. The van der Waals surface area contributed by atoms with Gasteiger partial charge < -0.3 is 20.4 Å². The average Bonchev–Trinajstić information content (AvgIpc) is 2.75. The lowest BCUT2D eigenvalue weighted by Gasteiger charge is -2.34. The van der Waals surface area contributed by atoms with Gasteiger partial charge in [0.1, 0.15) is 5.69 Å². The first-order valence-electron chi connectivity index (χ1n) is 9.79. The van der Waals surface area contributed by atoms with Crippen LogP contribution in [0, 0.1) is 10.1 Å². The van der Waals surface area contributed by atoms with Gasteiger partial charge in [0.15, 0.2) is 0 Å². The molecule has 2 amide bonds. The number of nitro groups is 1. The molecular formula is C21H25N5O4. The summed E-state index contributed by atoms with van der Waals surface area (Å²) in [5.41, 5.74) is 1.95. The first-order valence-corrected chi connectivity index (χ1v) is 9.79. The van der Waals surface area contributed by atoms with Crippen molar-refractivity contribution in [3.05, 3.63) is 64.2 Å². The molecule has 0 aliphatic carbocycles. The molecule has 0 atom stereocenters. The molecule has 0 bridgehead atoms. The number of nitro benzene ring substituents is 1. The summed E-state index contributed by atoms with van der Waals surface area (Å²) in [6.07, 6.45) is 0.577. The van der Waals surface area contributed by atoms with E-state index in [0.717, 1.165) is 31.7 Å². The van der Waals surface area contributed by atoms with Crippen LogP contribution in [-0.2, 0) is 16.0 Å². The summed E-state index contributed by atoms with van der Waals surface area (Å²) in [5, 5.41) is 15.8. The summed E-state index contributed by atoms with van der Waals surface area (Å²) in [6.45, 7) is 4.38. The summed E-state index contributed by atoms with van der Waals surface area (Å²) >= 11 is 0. The number of carbonyl (C=O) groups is 2. The lowest BCUT2D eigenvalue weighted by Crippen LogP contribution is -2.44. The molecule has 158 valence electrons. The van der Waals surface area contributed by atoms with Crippen molar-refractivity contribution in [2.24, 2.45) is 0 Å². The van der Waals surface area contributed by atoms with Gasteiger partial charge >= 0.3 is 11.8 Å². The van der Waals surface area contributed by atoms with Crippen molar-refractivity contribution >= 4 is 28.9 Å². The van der Waals surface area contributed by atoms with E-state index in [2.05, 4.69) is 39.6 Å². The molecule has 1 saturated heterocycles. The largest absolute Gasteiger partial charge is 0.369 e. The Labute approximate surface area is 174 Å². The number of nitrogens with one attached hydrogen (secondary N) is 2. The minimum absolute atomic E-state index is 0.0119. The molecule has 0 spiro atoms. The van der Waals surface area contributed by atoms with Crippen molar-refractivity contribution in [1.82, 2.24) is 10.2 Å². The SMILES string of the molecule is CN1CCN(c2ccc(CCNC(=O)C(=O)Nc3ccccc3[N+](=O)[O-])cc2)CC1. The number of piperazine rings is 1. The molecule has 9 heteroatoms. The Morgan fingerprint density at radius 2 is 1.67 bits per heavy atom. The fourth-order valence-electron chi connectivity index (χ4n) is 3.26. The number of anilines is 2. The van der Waals surface area contributed by atoms with Gasteiger partial charge in [-0.2, -0.15) is 0 Å². The van der Waals surface area contributed by atoms with Gasteiger partial charge in [-0.25, -0.2) is 0 Å². The molecule has 0 aromatic heterocycles. The number of carbonyl (C=O) groups excluding carboxylic acids is 2. The molecule has 0 radical (unpaired) electrons. The summed E-state index contributed by atoms with van der Waals surface area (Å²) < 4.78 is 0. The third kappa shape index (κ3) is 5.54. The molecule has 1 heterocycles. The van der Waals surface area contributed by atoms with Crippen LogP contribution in [0.3, 0.4) is 0 Å². The van der Waals surface area contributed by atoms with E-state index in [-0.39, 0.29) is 17.9 Å². The second-order valence-corrected chi connectivity index (χ2v) is 7.19. The van der Waals surface area contributed by atoms with Crippen LogP contribution in [-0.4, -0.2) is 61.4 Å². The number of rotatable bonds is 6. The highest BCUT2D eigenvalue weighted by atomic mass is 16.6. The number of hydrogen-bond acceptors (Lipinski definition) is 6. The van der Waals surface area contributed by atoms with Crippen LogP contribution in [0.25, 0.3) is 0 Å². The molecule has 1 fully saturated rings. The number of hydrogen-bond donors (Lipinski definition) is 2. The molecule has 2 aromatic carbocycles. The van der Waals surface area contributed by atoms with Crippen molar-refractivity contribution < 1.29 is 14.5 Å². The van der Waals surface area contributed by atoms with Gasteiger partial charge in [-0.1, -0.05) is 24.3 Å². The maximum absolute atomic E-state index is 12.0. The normalized spacial score (nSPS) is 14.2. The van der Waals surface area contributed by atoms with Gasteiger partial charge in [0.05, 0.1) is 4.92 Å². The Kier molecular flexibility index (Phi) is 6.97. The molecule has 0 saturated carbocycles. The first kappa shape index (κ1) is 21.3. The standard InChI is InChI=1S/C21H25N5O4/c1-24-12-14-25(15-13-24)17-8-6-16(7-9-17)10-11-22-20(27)21(28)23-18-4-2-3-5-19(18)26(29)30/h2-9H,10-15H2,1H3,(H,22,27)(H,23,28). The van der Waals surface area contributed by atoms with Gasteiger partial charge in [0, 0.05) is 44.5 Å². The Morgan fingerprint density at radius 1 is 1.00 bits per heavy atom. The molecule has 9 nitrogen and oxygen atoms in total. The van der Waals surface area contributed by atoms with Crippen LogP contribution in [0.5, 0.6) is 0 Å². The summed E-state index contributed by atoms with van der Waals surface area (Å²) in [5.74, 6) is -1.77. The predicted octanol–water partition coefficient (Wildman–Crippen LogP) is 1.64. The van der Waals surface area contributed by atoms with Crippen LogP contribution >= 0.6 is 0 Å². The highest BCUT2D eigenvalue weighted by Gasteiger charge is 2.19. The second kappa shape index (κ2) is 9.84. The lowest BCUT2D eigenvalue weighted by atomic mass is 10.1. The molecule has 2 aromatic rings. The highest BCUT2D eigenvalue weighted by Crippen LogP contribution is 2.23. The van der Waals surface area contributed by atoms with E-state index >= 15 is 0 Å². The summed E-state index contributed by atoms with van der Waals surface area (Å²) in [7, 11) is 2.12. The van der Waals surface area contributed by atoms with E-state index in [1.165, 1.54) is 23.9 Å². The fraction of sp³-hybridized carbons (Fsp3) is 0.333. The van der Waals surface area contributed by atoms with Gasteiger partial charge in [-0.05, 0) is 37.2 Å². The van der Waals surface area contributed by atoms with Crippen molar-refractivity contribution in [1.29, 1.82) is 0 Å². The molecule has 1 aliphatic heterocycles. The molecule has 2 N–H and O–H groups in total. The summed E-state index contributed by atoms with van der Waals surface area (Å²) in [6, 6.07) is 13.9. The predicted molar refractivity (Wildman–Crippen MR) is 115 cm³/mol. The monoisotopic (exact) mass is 411 g/mol. The Bertz CT molecular complexity index is 908. The van der Waals surface area contributed by atoms with Crippen LogP contribution in [0.4, 0.5) is 17.1 Å². The maximum atomic E-state index is 12.0. The molecule has 30 heavy (non-hydrogen) atoms. The Balaban J connectivity index is 1.46. The van der Waals surface area contributed by atoms with Crippen LogP contribution < -0.4 is 15.5 Å². The van der Waals surface area contributed by atoms with E-state index in [4.69, 9.17) is 0 Å². The number of likely N-dealkylation sites (N-methyl/N-ethyl adjacent to an activating group) is 1. The zero-order valence-electron chi connectivity index (χ0n) is 16.8. The zero-order chi connectivity index (χ0) is 21.5. The van der Waals surface area contributed by atoms with Crippen LogP contribution in [0.2, 0.25) is 0 Å². The maximum Gasteiger partial charge on any atom is 0.313 e. The van der Waals surface area contributed by atoms with Gasteiger partial charge in [0.25, 0.3) is 5.69 Å². The third-order valence-electron chi connectivity index (χ3n) is 5.06. The number of para-hydroxylation sites is 2. The molecule has 3 rings (SSSR count). The minimum atomic E-state index is -0.935. The Morgan fingerprint density at radius 3 is 2.33 bits per heavy atom. The van der Waals surface area contributed by atoms with Gasteiger partial charge in [-0.3, -0.25) is 19.7 Å².